The van der Waals surface area contributed by atoms with Crippen LogP contribution < -0.4 is 25.0 Å². The summed E-state index contributed by atoms with van der Waals surface area (Å²) in [5, 5.41) is 13.1. The molecule has 2 aromatic heterocycles. The summed E-state index contributed by atoms with van der Waals surface area (Å²) < 4.78 is 47.2. The maximum Gasteiger partial charge on any atom is 0.261 e. The van der Waals surface area contributed by atoms with Crippen LogP contribution in [0.5, 0.6) is 23.0 Å². The first-order valence-electron chi connectivity index (χ1n) is 14.1. The highest BCUT2D eigenvalue weighted by molar-refractivity contribution is 6.05. The van der Waals surface area contributed by atoms with Crippen LogP contribution in [0.3, 0.4) is 0 Å². The Morgan fingerprint density at radius 3 is 2.36 bits per heavy atom. The molecule has 6 rings (SSSR count). The van der Waals surface area contributed by atoms with Gasteiger partial charge < -0.3 is 24.1 Å². The first-order valence-corrected chi connectivity index (χ1v) is 14.1. The van der Waals surface area contributed by atoms with Gasteiger partial charge in [-0.3, -0.25) is 14.6 Å². The van der Waals surface area contributed by atoms with Gasteiger partial charge in [-0.25, -0.2) is 8.78 Å². The van der Waals surface area contributed by atoms with Crippen molar-refractivity contribution in [2.45, 2.75) is 25.3 Å². The fourth-order valence-electron chi connectivity index (χ4n) is 5.26. The van der Waals surface area contributed by atoms with Gasteiger partial charge in [-0.1, -0.05) is 12.1 Å². The summed E-state index contributed by atoms with van der Waals surface area (Å²) in [4.78, 5) is 31.4. The van der Waals surface area contributed by atoms with Crippen LogP contribution in [0.15, 0.2) is 77.9 Å². The van der Waals surface area contributed by atoms with Crippen LogP contribution in [0.4, 0.5) is 14.5 Å². The molecule has 0 unspecified atom stereocenters. The molecule has 0 saturated heterocycles. The molecule has 1 fully saturated rings. The number of anilines is 1. The lowest BCUT2D eigenvalue weighted by molar-refractivity contribution is 0.102. The Morgan fingerprint density at radius 1 is 0.978 bits per heavy atom. The molecule has 5 aromatic rings. The Hall–Kier alpha value is -5.76. The molecule has 1 saturated carbocycles. The zero-order chi connectivity index (χ0) is 31.7. The summed E-state index contributed by atoms with van der Waals surface area (Å²) in [6.45, 7) is 0. The van der Waals surface area contributed by atoms with Crippen molar-refractivity contribution in [2.75, 3.05) is 19.5 Å². The van der Waals surface area contributed by atoms with Gasteiger partial charge in [0.05, 0.1) is 25.3 Å². The Labute approximate surface area is 256 Å². The average Bonchev–Trinajstić information content (AvgIpc) is 3.01. The highest BCUT2D eigenvalue weighted by Crippen LogP contribution is 2.38. The maximum atomic E-state index is 15.3. The largest absolute Gasteiger partial charge is 0.493 e. The number of hydrogen-bond donors (Lipinski definition) is 1. The monoisotopic (exact) mass is 608 g/mol. The molecule has 11 heteroatoms. The molecule has 0 spiro atoms. The lowest BCUT2D eigenvalue weighted by Gasteiger charge is -2.30. The van der Waals surface area contributed by atoms with Crippen molar-refractivity contribution in [3.8, 4) is 40.2 Å². The van der Waals surface area contributed by atoms with Gasteiger partial charge in [0.1, 0.15) is 28.9 Å². The molecule has 2 heterocycles. The van der Waals surface area contributed by atoms with E-state index < -0.39 is 23.0 Å². The smallest absolute Gasteiger partial charge is 0.261 e. The number of nitrogens with one attached hydrogen (secondary N) is 1. The molecule has 1 aliphatic carbocycles. The molecule has 45 heavy (non-hydrogen) atoms. The predicted molar refractivity (Wildman–Crippen MR) is 163 cm³/mol. The van der Waals surface area contributed by atoms with Crippen LogP contribution in [-0.4, -0.2) is 29.7 Å². The summed E-state index contributed by atoms with van der Waals surface area (Å²) in [7, 11) is 3.01. The van der Waals surface area contributed by atoms with Crippen molar-refractivity contribution < 1.29 is 27.8 Å². The van der Waals surface area contributed by atoms with Crippen molar-refractivity contribution in [3.63, 3.8) is 0 Å². The normalized spacial score (nSPS) is 12.7. The van der Waals surface area contributed by atoms with Gasteiger partial charge in [0, 0.05) is 41.6 Å². The first kappa shape index (κ1) is 29.3. The number of carbonyl (C=O) groups excluding carboxylic acids is 1. The molecule has 0 aliphatic heterocycles. The quantitative estimate of drug-likeness (QED) is 0.202. The number of aromatic nitrogens is 2. The average molecular weight is 609 g/mol. The molecule has 3 aromatic carbocycles. The second kappa shape index (κ2) is 12.1. The molecule has 1 amide bonds. The van der Waals surface area contributed by atoms with Gasteiger partial charge in [-0.05, 0) is 61.2 Å². The maximum absolute atomic E-state index is 15.3. The Kier molecular flexibility index (Phi) is 7.87. The molecule has 0 bridgehead atoms. The predicted octanol–water partition coefficient (Wildman–Crippen LogP) is 7.00. The molecule has 1 aliphatic rings. The number of fused-ring (bicyclic) bond motifs is 1. The molecule has 1 N–H and O–H groups in total. The number of benzene rings is 3. The second-order valence-electron chi connectivity index (χ2n) is 10.4. The highest BCUT2D eigenvalue weighted by atomic mass is 19.1. The van der Waals surface area contributed by atoms with Crippen molar-refractivity contribution in [1.82, 2.24) is 9.55 Å². The molecule has 226 valence electrons. The van der Waals surface area contributed by atoms with Crippen molar-refractivity contribution in [2.24, 2.45) is 0 Å². The zero-order valence-electron chi connectivity index (χ0n) is 24.3. The number of hydrogen-bond acceptors (Lipinski definition) is 7. The van der Waals surface area contributed by atoms with Gasteiger partial charge in [0.25, 0.3) is 5.91 Å². The number of carbonyl (C=O) groups is 1. The summed E-state index contributed by atoms with van der Waals surface area (Å²) in [6.07, 6.45) is 5.39. The minimum absolute atomic E-state index is 0.00538. The zero-order valence-corrected chi connectivity index (χ0v) is 24.3. The summed E-state index contributed by atoms with van der Waals surface area (Å²) in [5.41, 5.74) is 0.123. The third kappa shape index (κ3) is 5.54. The van der Waals surface area contributed by atoms with Crippen LogP contribution in [-0.2, 0) is 0 Å². The third-order valence-electron chi connectivity index (χ3n) is 7.80. The number of nitriles is 1. The molecular weight excluding hydrogens is 582 g/mol. The number of halogens is 2. The van der Waals surface area contributed by atoms with E-state index in [0.29, 0.717) is 33.7 Å². The van der Waals surface area contributed by atoms with E-state index in [9.17, 15) is 19.2 Å². The second-order valence-corrected chi connectivity index (χ2v) is 10.4. The van der Waals surface area contributed by atoms with E-state index in [1.165, 1.54) is 63.0 Å². The van der Waals surface area contributed by atoms with E-state index in [4.69, 9.17) is 14.2 Å². The SMILES string of the molecule is COc1cc2nccc(Oc3ccc(NC(=O)c4cn(C5CCC5)c(C#N)c(-c5ccc(F)cc5)c4=O)cc3F)c2cc1OC. The number of methoxy groups -OCH3 is 2. The Morgan fingerprint density at radius 2 is 1.71 bits per heavy atom. The van der Waals surface area contributed by atoms with Crippen LogP contribution >= 0.6 is 0 Å². The Bertz CT molecular complexity index is 2050. The van der Waals surface area contributed by atoms with E-state index in [1.807, 2.05) is 0 Å². The number of pyridine rings is 2. The van der Waals surface area contributed by atoms with Gasteiger partial charge in [0.2, 0.25) is 5.43 Å². The molecule has 0 atom stereocenters. The fourth-order valence-corrected chi connectivity index (χ4v) is 5.26. The number of nitrogens with zero attached hydrogens (tertiary/aromatic N) is 3. The fraction of sp³-hybridized carbons (Fsp3) is 0.176. The minimum atomic E-state index is -0.782. The van der Waals surface area contributed by atoms with Gasteiger partial charge in [0.15, 0.2) is 23.1 Å². The van der Waals surface area contributed by atoms with Gasteiger partial charge in [-0.2, -0.15) is 5.26 Å². The summed E-state index contributed by atoms with van der Waals surface area (Å²) in [5.74, 6) is -0.918. The topological polar surface area (TPSA) is 115 Å². The number of amides is 1. The van der Waals surface area contributed by atoms with Crippen molar-refractivity contribution in [3.05, 3.63) is 106 Å². The van der Waals surface area contributed by atoms with E-state index in [-0.39, 0.29) is 34.3 Å². The lowest BCUT2D eigenvalue weighted by atomic mass is 9.91. The lowest BCUT2D eigenvalue weighted by Crippen LogP contribution is -2.29. The van der Waals surface area contributed by atoms with Crippen molar-refractivity contribution >= 4 is 22.5 Å². The Balaban J connectivity index is 1.31. The van der Waals surface area contributed by atoms with E-state index in [1.54, 1.807) is 22.8 Å². The number of rotatable bonds is 8. The van der Waals surface area contributed by atoms with Crippen LogP contribution in [0.2, 0.25) is 0 Å². The molecular formula is C34H26F2N4O5. The van der Waals surface area contributed by atoms with Crippen LogP contribution in [0.1, 0.15) is 41.4 Å². The summed E-state index contributed by atoms with van der Waals surface area (Å²) in [6, 6.07) is 16.0. The van der Waals surface area contributed by atoms with Gasteiger partial charge in [-0.15, -0.1) is 0 Å². The van der Waals surface area contributed by atoms with E-state index in [2.05, 4.69) is 16.4 Å². The number of ether oxygens (including phenoxy) is 3. The first-order chi connectivity index (χ1) is 21.8. The van der Waals surface area contributed by atoms with Crippen LogP contribution in [0, 0.1) is 23.0 Å². The minimum Gasteiger partial charge on any atom is -0.493 e. The highest BCUT2D eigenvalue weighted by Gasteiger charge is 2.27. The van der Waals surface area contributed by atoms with E-state index >= 15 is 4.39 Å². The van der Waals surface area contributed by atoms with Crippen LogP contribution in [0.25, 0.3) is 22.0 Å². The summed E-state index contributed by atoms with van der Waals surface area (Å²) >= 11 is 0. The molecule has 9 nitrogen and oxygen atoms in total. The van der Waals surface area contributed by atoms with Gasteiger partial charge >= 0.3 is 0 Å². The standard InChI is InChI=1S/C34H26F2N4O5/c1-43-30-15-23-26(16-31(30)44-2)38-13-12-28(23)45-29-11-10-21(14-25(29)36)39-34(42)24-18-40(22-4-3-5-22)27(17-37)32(33(24)41)19-6-8-20(35)9-7-19/h6-16,18,22H,3-5H2,1-2H3,(H,39,42). The molecule has 0 radical (unpaired) electrons. The third-order valence-corrected chi connectivity index (χ3v) is 7.80. The van der Waals surface area contributed by atoms with Crippen molar-refractivity contribution in [1.29, 1.82) is 5.26 Å². The van der Waals surface area contributed by atoms with E-state index in [0.717, 1.165) is 25.3 Å².